The second-order valence-electron chi connectivity index (χ2n) is 5.26. The van der Waals surface area contributed by atoms with E-state index in [-0.39, 0.29) is 23.3 Å². The molecule has 0 atom stereocenters. The van der Waals surface area contributed by atoms with Crippen molar-refractivity contribution >= 4 is 23.9 Å². The van der Waals surface area contributed by atoms with E-state index in [1.165, 1.54) is 30.3 Å². The van der Waals surface area contributed by atoms with Gasteiger partial charge in [-0.2, -0.15) is 0 Å². The van der Waals surface area contributed by atoms with Crippen molar-refractivity contribution in [1.82, 2.24) is 0 Å². The van der Waals surface area contributed by atoms with Crippen LogP contribution in [0.3, 0.4) is 0 Å². The first-order valence-electron chi connectivity index (χ1n) is 7.53. The van der Waals surface area contributed by atoms with Crippen LogP contribution in [0.15, 0.2) is 49.1 Å². The average Bonchev–Trinajstić information content (AvgIpc) is 2.64. The molecule has 2 rings (SSSR count). The van der Waals surface area contributed by atoms with Gasteiger partial charge in [-0.05, 0) is 23.3 Å². The number of aromatic carboxylic acids is 3. The summed E-state index contributed by atoms with van der Waals surface area (Å²) in [7, 11) is 0. The summed E-state index contributed by atoms with van der Waals surface area (Å²) >= 11 is 0. The first-order chi connectivity index (χ1) is 12.8. The van der Waals surface area contributed by atoms with Crippen molar-refractivity contribution in [2.24, 2.45) is 0 Å². The highest BCUT2D eigenvalue weighted by atomic mass is 16.5. The van der Waals surface area contributed by atoms with Gasteiger partial charge in [0.2, 0.25) is 0 Å². The van der Waals surface area contributed by atoms with Gasteiger partial charge in [0.25, 0.3) is 0 Å². The van der Waals surface area contributed by atoms with Crippen molar-refractivity contribution in [2.45, 2.75) is 0 Å². The molecule has 0 aliphatic rings. The molecule has 0 aliphatic carbocycles. The molecule has 0 saturated carbocycles. The highest BCUT2D eigenvalue weighted by Gasteiger charge is 2.27. The van der Waals surface area contributed by atoms with E-state index >= 15 is 0 Å². The van der Waals surface area contributed by atoms with Crippen LogP contribution >= 0.6 is 0 Å². The van der Waals surface area contributed by atoms with E-state index in [1.807, 2.05) is 0 Å². The molecular formula is C19H14O8. The minimum Gasteiger partial charge on any atom is -0.478 e. The molecule has 8 heteroatoms. The largest absolute Gasteiger partial charge is 0.478 e. The summed E-state index contributed by atoms with van der Waals surface area (Å²) in [6.07, 6.45) is 1.29. The molecule has 0 amide bonds. The molecule has 3 N–H and O–H groups in total. The number of benzene rings is 2. The minimum absolute atomic E-state index is 0.0653. The highest BCUT2D eigenvalue weighted by molar-refractivity contribution is 6.11. The van der Waals surface area contributed by atoms with Gasteiger partial charge in [-0.25, -0.2) is 19.2 Å². The van der Waals surface area contributed by atoms with Gasteiger partial charge < -0.3 is 20.1 Å². The molecule has 0 aromatic heterocycles. The van der Waals surface area contributed by atoms with E-state index in [1.54, 1.807) is 0 Å². The lowest BCUT2D eigenvalue weighted by atomic mass is 9.90. The normalized spacial score (nSPS) is 10.1. The molecule has 0 unspecified atom stereocenters. The van der Waals surface area contributed by atoms with Crippen LogP contribution in [-0.2, 0) is 4.74 Å². The molecule has 0 heterocycles. The number of carboxylic acid groups (broad SMARTS) is 3. The zero-order valence-corrected chi connectivity index (χ0v) is 13.8. The predicted octanol–water partition coefficient (Wildman–Crippen LogP) is 2.79. The van der Waals surface area contributed by atoms with Crippen molar-refractivity contribution < 1.29 is 39.2 Å². The Balaban J connectivity index is 2.86. The summed E-state index contributed by atoms with van der Waals surface area (Å²) in [6.45, 7) is 3.21. The number of carboxylic acids is 3. The number of hydrogen-bond donors (Lipinski definition) is 3. The highest BCUT2D eigenvalue weighted by Crippen LogP contribution is 2.32. The Kier molecular flexibility index (Phi) is 5.71. The van der Waals surface area contributed by atoms with Crippen LogP contribution in [0.25, 0.3) is 11.1 Å². The molecule has 0 saturated heterocycles. The minimum atomic E-state index is -1.53. The molecule has 0 spiro atoms. The van der Waals surface area contributed by atoms with E-state index < -0.39 is 40.6 Å². The lowest BCUT2D eigenvalue weighted by Gasteiger charge is -2.15. The predicted molar refractivity (Wildman–Crippen MR) is 93.2 cm³/mol. The van der Waals surface area contributed by atoms with Crippen molar-refractivity contribution in [3.05, 3.63) is 71.3 Å². The summed E-state index contributed by atoms with van der Waals surface area (Å²) in [6, 6.07) is 7.51. The van der Waals surface area contributed by atoms with Crippen LogP contribution in [0.4, 0.5) is 0 Å². The smallest absolute Gasteiger partial charge is 0.339 e. The standard InChI is InChI=1S/C19H14O8/c1-2-9-27-19(26)15-11(6-4-8-13(15)17(22)23)10-5-3-7-12(16(20)21)14(10)18(24)25/h2-8H,1,9H2,(H,20,21)(H,22,23)(H,24,25). The number of hydrogen-bond acceptors (Lipinski definition) is 5. The van der Waals surface area contributed by atoms with E-state index in [0.717, 1.165) is 12.1 Å². The van der Waals surface area contributed by atoms with E-state index in [2.05, 4.69) is 6.58 Å². The van der Waals surface area contributed by atoms with Crippen molar-refractivity contribution in [2.75, 3.05) is 6.61 Å². The molecular weight excluding hydrogens is 356 g/mol. The van der Waals surface area contributed by atoms with Crippen molar-refractivity contribution in [3.8, 4) is 11.1 Å². The monoisotopic (exact) mass is 370 g/mol. The maximum absolute atomic E-state index is 12.4. The Morgan fingerprint density at radius 1 is 0.815 bits per heavy atom. The van der Waals surface area contributed by atoms with Gasteiger partial charge in [-0.1, -0.05) is 36.9 Å². The van der Waals surface area contributed by atoms with Crippen LogP contribution in [0.2, 0.25) is 0 Å². The summed E-state index contributed by atoms with van der Waals surface area (Å²) in [5, 5.41) is 28.2. The maximum Gasteiger partial charge on any atom is 0.339 e. The van der Waals surface area contributed by atoms with E-state index in [4.69, 9.17) is 4.74 Å². The number of carbonyl (C=O) groups excluding carboxylic acids is 1. The third-order valence-electron chi connectivity index (χ3n) is 3.63. The SMILES string of the molecule is C=CCOC(=O)c1c(C(=O)O)cccc1-c1cccc(C(=O)O)c1C(=O)O. The summed E-state index contributed by atoms with van der Waals surface area (Å²) in [4.78, 5) is 47.0. The molecule has 27 heavy (non-hydrogen) atoms. The molecule has 0 bridgehead atoms. The number of ether oxygens (including phenoxy) is 1. The van der Waals surface area contributed by atoms with Gasteiger partial charge in [-0.15, -0.1) is 0 Å². The van der Waals surface area contributed by atoms with Gasteiger partial charge in [0, 0.05) is 0 Å². The first kappa shape index (κ1) is 19.4. The van der Waals surface area contributed by atoms with Crippen LogP contribution < -0.4 is 0 Å². The molecule has 138 valence electrons. The second-order valence-corrected chi connectivity index (χ2v) is 5.26. The first-order valence-corrected chi connectivity index (χ1v) is 7.53. The van der Waals surface area contributed by atoms with Gasteiger partial charge in [0.1, 0.15) is 6.61 Å². The molecule has 0 radical (unpaired) electrons. The van der Waals surface area contributed by atoms with E-state index in [0.29, 0.717) is 0 Å². The third kappa shape index (κ3) is 3.84. The Morgan fingerprint density at radius 3 is 1.74 bits per heavy atom. The summed E-state index contributed by atoms with van der Waals surface area (Å²) < 4.78 is 4.92. The zero-order chi connectivity index (χ0) is 20.1. The Morgan fingerprint density at radius 2 is 1.30 bits per heavy atom. The molecule has 0 fully saturated rings. The fourth-order valence-electron chi connectivity index (χ4n) is 2.57. The number of esters is 1. The zero-order valence-electron chi connectivity index (χ0n) is 13.8. The average molecular weight is 370 g/mol. The summed E-state index contributed by atoms with van der Waals surface area (Å²) in [5.74, 6) is -5.43. The summed E-state index contributed by atoms with van der Waals surface area (Å²) in [5.41, 5.74) is -2.02. The van der Waals surface area contributed by atoms with Gasteiger partial charge in [-0.3, -0.25) is 0 Å². The second kappa shape index (κ2) is 7.96. The maximum atomic E-state index is 12.4. The van der Waals surface area contributed by atoms with Gasteiger partial charge in [0.15, 0.2) is 0 Å². The van der Waals surface area contributed by atoms with Crippen LogP contribution in [0.5, 0.6) is 0 Å². The molecule has 8 nitrogen and oxygen atoms in total. The molecule has 2 aromatic rings. The Hall–Kier alpha value is -3.94. The van der Waals surface area contributed by atoms with Crippen LogP contribution in [0, 0.1) is 0 Å². The fourth-order valence-corrected chi connectivity index (χ4v) is 2.57. The fraction of sp³-hybridized carbons (Fsp3) is 0.0526. The topological polar surface area (TPSA) is 138 Å². The third-order valence-corrected chi connectivity index (χ3v) is 3.63. The molecule has 0 aliphatic heterocycles. The quantitative estimate of drug-likeness (QED) is 0.499. The van der Waals surface area contributed by atoms with Crippen LogP contribution in [-0.4, -0.2) is 45.8 Å². The Labute approximate surface area is 152 Å². The van der Waals surface area contributed by atoms with Crippen molar-refractivity contribution in [1.29, 1.82) is 0 Å². The van der Waals surface area contributed by atoms with Gasteiger partial charge in [0.05, 0.1) is 22.3 Å². The Bertz CT molecular complexity index is 958. The molecule has 2 aromatic carbocycles. The van der Waals surface area contributed by atoms with Crippen LogP contribution in [0.1, 0.15) is 41.4 Å². The van der Waals surface area contributed by atoms with Gasteiger partial charge >= 0.3 is 23.9 Å². The number of rotatable bonds is 7. The lowest BCUT2D eigenvalue weighted by molar-refractivity contribution is 0.0537. The van der Waals surface area contributed by atoms with E-state index in [9.17, 15) is 34.5 Å². The number of carbonyl (C=O) groups is 4. The lowest BCUT2D eigenvalue weighted by Crippen LogP contribution is -2.15. The van der Waals surface area contributed by atoms with Crippen molar-refractivity contribution in [3.63, 3.8) is 0 Å².